The molecule has 6 atom stereocenters. The topological polar surface area (TPSA) is 162 Å². The first-order valence-corrected chi connectivity index (χ1v) is 18.2. The number of carbonyl (C=O) groups is 3. The summed E-state index contributed by atoms with van der Waals surface area (Å²) in [7, 11) is 10.4. The number of hydrogen-bond donors (Lipinski definition) is 0. The van der Waals surface area contributed by atoms with E-state index in [1.165, 1.54) is 56.3 Å². The van der Waals surface area contributed by atoms with Crippen LogP contribution in [-0.4, -0.2) is 79.9 Å². The lowest BCUT2D eigenvalue weighted by Gasteiger charge is -2.40. The van der Waals surface area contributed by atoms with Crippen LogP contribution in [0.5, 0.6) is 46.0 Å². The summed E-state index contributed by atoms with van der Waals surface area (Å²) < 4.78 is 72.0. The van der Waals surface area contributed by atoms with Crippen LogP contribution in [0.25, 0.3) is 11.1 Å². The lowest BCUT2D eigenvalue weighted by molar-refractivity contribution is -0.178. The van der Waals surface area contributed by atoms with E-state index in [0.717, 1.165) is 0 Å². The lowest BCUT2D eigenvalue weighted by atomic mass is 9.86. The molecule has 308 valence electrons. The monoisotopic (exact) mass is 802 g/mol. The predicted octanol–water partition coefficient (Wildman–Crippen LogP) is 6.83. The number of ether oxygens (including phenoxy) is 12. The Morgan fingerprint density at radius 3 is 1.16 bits per heavy atom. The summed E-state index contributed by atoms with van der Waals surface area (Å²) in [5.41, 5.74) is 2.80. The fourth-order valence-corrected chi connectivity index (χ4v) is 7.49. The van der Waals surface area contributed by atoms with Gasteiger partial charge in [-0.1, -0.05) is 24.3 Å². The van der Waals surface area contributed by atoms with Crippen LogP contribution in [0.4, 0.5) is 0 Å². The van der Waals surface area contributed by atoms with Crippen LogP contribution in [-0.2, 0) is 33.3 Å². The van der Waals surface area contributed by atoms with E-state index in [2.05, 4.69) is 0 Å². The third kappa shape index (κ3) is 7.69. The van der Waals surface area contributed by atoms with Gasteiger partial charge in [0.1, 0.15) is 17.6 Å². The third-order valence-electron chi connectivity index (χ3n) is 9.88. The Balaban J connectivity index is 1.61. The molecule has 4 aromatic carbocycles. The Morgan fingerprint density at radius 1 is 0.466 bits per heavy atom. The van der Waals surface area contributed by atoms with Crippen LogP contribution in [0.3, 0.4) is 0 Å². The first-order chi connectivity index (χ1) is 27.9. The van der Waals surface area contributed by atoms with Crippen molar-refractivity contribution >= 4 is 17.9 Å². The molecule has 2 aliphatic rings. The highest BCUT2D eigenvalue weighted by atomic mass is 16.6. The zero-order chi connectivity index (χ0) is 41.8. The second kappa shape index (κ2) is 17.4. The van der Waals surface area contributed by atoms with Crippen LogP contribution >= 0.6 is 0 Å². The van der Waals surface area contributed by atoms with Crippen molar-refractivity contribution in [3.63, 3.8) is 0 Å². The van der Waals surface area contributed by atoms with Crippen molar-refractivity contribution in [3.05, 3.63) is 82.9 Å². The maximum Gasteiger partial charge on any atom is 0.303 e. The minimum Gasteiger partial charge on any atom is -0.497 e. The van der Waals surface area contributed by atoms with Crippen molar-refractivity contribution in [2.45, 2.75) is 57.4 Å². The summed E-state index contributed by atoms with van der Waals surface area (Å²) in [6.07, 6.45) is -6.01. The van der Waals surface area contributed by atoms with Gasteiger partial charge in [0.15, 0.2) is 53.5 Å². The first-order valence-electron chi connectivity index (χ1n) is 18.2. The van der Waals surface area contributed by atoms with Gasteiger partial charge in [0.05, 0.1) is 42.7 Å². The molecule has 0 amide bonds. The maximum absolute atomic E-state index is 12.8. The summed E-state index contributed by atoms with van der Waals surface area (Å²) in [6, 6.07) is 17.6. The van der Waals surface area contributed by atoms with Gasteiger partial charge in [-0.15, -0.1) is 0 Å². The van der Waals surface area contributed by atoms with E-state index in [4.69, 9.17) is 56.8 Å². The summed E-state index contributed by atoms with van der Waals surface area (Å²) in [5, 5.41) is 0. The number of rotatable bonds is 13. The molecular weight excluding hydrogens is 756 g/mol. The average molecular weight is 803 g/mol. The highest BCUT2D eigenvalue weighted by molar-refractivity contribution is 5.86. The quantitative estimate of drug-likeness (QED) is 0.102. The smallest absolute Gasteiger partial charge is 0.303 e. The highest BCUT2D eigenvalue weighted by Gasteiger charge is 2.48. The molecule has 0 aliphatic carbocycles. The van der Waals surface area contributed by atoms with Gasteiger partial charge in [0.25, 0.3) is 0 Å². The molecule has 15 nitrogen and oxygen atoms in total. The fraction of sp³-hybridized carbons (Fsp3) is 0.372. The third-order valence-corrected chi connectivity index (χ3v) is 9.88. The van der Waals surface area contributed by atoms with Crippen LogP contribution in [0, 0.1) is 0 Å². The van der Waals surface area contributed by atoms with Gasteiger partial charge in [-0.25, -0.2) is 0 Å². The van der Waals surface area contributed by atoms with Gasteiger partial charge in [-0.2, -0.15) is 0 Å². The van der Waals surface area contributed by atoms with Crippen LogP contribution in [0.1, 0.15) is 67.4 Å². The molecule has 0 fully saturated rings. The Hall–Kier alpha value is -6.35. The van der Waals surface area contributed by atoms with E-state index in [1.807, 2.05) is 12.1 Å². The van der Waals surface area contributed by atoms with Crippen molar-refractivity contribution in [1.29, 1.82) is 0 Å². The Kier molecular flexibility index (Phi) is 12.4. The van der Waals surface area contributed by atoms with Gasteiger partial charge < -0.3 is 56.8 Å². The van der Waals surface area contributed by atoms with E-state index in [9.17, 15) is 14.4 Å². The fourth-order valence-electron chi connectivity index (χ4n) is 7.49. The Bertz CT molecular complexity index is 2150. The summed E-state index contributed by atoms with van der Waals surface area (Å²) in [5.74, 6) is 0.628. The maximum atomic E-state index is 12.8. The largest absolute Gasteiger partial charge is 0.497 e. The minimum atomic E-state index is -1.20. The van der Waals surface area contributed by atoms with Crippen LogP contribution in [0.15, 0.2) is 60.7 Å². The standard InChI is InChI=1S/C43H46O15/c1-21(44)54-39-31-20-29(35(50-7)41(53-10)38(31)58-33(43(39)56-23(3)46)25-13-17-27(48-5)18-14-25)28-19-30-36(51-8)42(55-22(2)45)32(24-11-15-26(47-4)16-12-24)57-37(30)40(52-9)34(28)49-6/h11-20,32-33,36,39,42-43H,1-10H3/t32-,33-,36+,39-,42-,43-/m0/s1. The van der Waals surface area contributed by atoms with E-state index >= 15 is 0 Å². The number of methoxy groups -OCH3 is 7. The molecule has 15 heteroatoms. The van der Waals surface area contributed by atoms with Crippen molar-refractivity contribution in [1.82, 2.24) is 0 Å². The average Bonchev–Trinajstić information content (AvgIpc) is 3.22. The molecule has 0 radical (unpaired) electrons. The number of benzene rings is 4. The minimum absolute atomic E-state index is 0.141. The van der Waals surface area contributed by atoms with E-state index in [1.54, 1.807) is 62.8 Å². The lowest BCUT2D eigenvalue weighted by Crippen LogP contribution is -2.39. The zero-order valence-corrected chi connectivity index (χ0v) is 33.9. The number of esters is 3. The molecule has 0 aromatic heterocycles. The second-order valence-corrected chi connectivity index (χ2v) is 13.3. The Labute approximate surface area is 335 Å². The van der Waals surface area contributed by atoms with Gasteiger partial charge >= 0.3 is 17.9 Å². The van der Waals surface area contributed by atoms with Crippen molar-refractivity contribution in [2.24, 2.45) is 0 Å². The number of carbonyl (C=O) groups excluding carboxylic acids is 3. The van der Waals surface area contributed by atoms with E-state index in [-0.39, 0.29) is 34.5 Å². The van der Waals surface area contributed by atoms with Gasteiger partial charge in [0, 0.05) is 50.1 Å². The summed E-state index contributed by atoms with van der Waals surface area (Å²) in [6.45, 7) is 3.82. The van der Waals surface area contributed by atoms with E-state index < -0.39 is 54.5 Å². The molecule has 0 N–H and O–H groups in total. The molecular formula is C43H46O15. The zero-order valence-electron chi connectivity index (χ0n) is 33.9. The number of hydrogen-bond acceptors (Lipinski definition) is 15. The predicted molar refractivity (Wildman–Crippen MR) is 206 cm³/mol. The normalized spacial score (nSPS) is 20.4. The van der Waals surface area contributed by atoms with Crippen molar-refractivity contribution in [3.8, 4) is 57.1 Å². The number of fused-ring (bicyclic) bond motifs is 2. The first kappa shape index (κ1) is 41.3. The summed E-state index contributed by atoms with van der Waals surface area (Å²) >= 11 is 0. The van der Waals surface area contributed by atoms with E-state index in [0.29, 0.717) is 44.9 Å². The molecule has 0 saturated heterocycles. The molecule has 0 bridgehead atoms. The van der Waals surface area contributed by atoms with Crippen LogP contribution < -0.4 is 37.9 Å². The Morgan fingerprint density at radius 2 is 0.828 bits per heavy atom. The van der Waals surface area contributed by atoms with Crippen LogP contribution in [0.2, 0.25) is 0 Å². The molecule has 58 heavy (non-hydrogen) atoms. The highest BCUT2D eigenvalue weighted by Crippen LogP contribution is 2.60. The van der Waals surface area contributed by atoms with Gasteiger partial charge in [0.2, 0.25) is 11.5 Å². The van der Waals surface area contributed by atoms with Crippen molar-refractivity contribution in [2.75, 3.05) is 49.8 Å². The molecule has 2 aliphatic heterocycles. The van der Waals surface area contributed by atoms with Gasteiger partial charge in [-0.3, -0.25) is 14.4 Å². The molecule has 0 spiro atoms. The molecule has 2 heterocycles. The molecule has 4 aromatic rings. The van der Waals surface area contributed by atoms with Crippen molar-refractivity contribution < 1.29 is 71.2 Å². The SMILES string of the molecule is COc1ccc([C@@H]2Oc3c(cc(-c4cc5c(c(OC)c4OC)O[C@@H](c4ccc(OC)cc4)[C@H](OC(C)=O)[C@@H]5OC)c(OC)c3OC)[C@H](OC(C)=O)[C@H]2OC(C)=O)cc1. The molecule has 6 rings (SSSR count). The summed E-state index contributed by atoms with van der Waals surface area (Å²) in [4.78, 5) is 38.1. The van der Waals surface area contributed by atoms with Gasteiger partial charge in [-0.05, 0) is 47.5 Å². The second-order valence-electron chi connectivity index (χ2n) is 13.3. The molecule has 0 saturated carbocycles. The molecule has 0 unspecified atom stereocenters.